The van der Waals surface area contributed by atoms with Gasteiger partial charge in [-0.3, -0.25) is 14.4 Å². The summed E-state index contributed by atoms with van der Waals surface area (Å²) in [5.41, 5.74) is 2.04. The molecule has 3 unspecified atom stereocenters. The summed E-state index contributed by atoms with van der Waals surface area (Å²) in [7, 11) is 0. The number of benzene rings is 2. The molecule has 1 saturated heterocycles. The van der Waals surface area contributed by atoms with Gasteiger partial charge in [-0.05, 0) is 42.8 Å². The molecule has 1 aromatic heterocycles. The molecular weight excluding hydrogens is 430 g/mol. The lowest BCUT2D eigenvalue weighted by atomic mass is 10.1. The highest BCUT2D eigenvalue weighted by Crippen LogP contribution is 2.48. The van der Waals surface area contributed by atoms with Gasteiger partial charge in [0.25, 0.3) is 5.91 Å². The average molecular weight is 449 g/mol. The second-order valence-electron chi connectivity index (χ2n) is 7.73. The van der Waals surface area contributed by atoms with Gasteiger partial charge in [0.15, 0.2) is 0 Å². The van der Waals surface area contributed by atoms with Crippen LogP contribution in [0.5, 0.6) is 0 Å². The average Bonchev–Trinajstić information content (AvgIpc) is 3.34. The Balaban J connectivity index is 1.25. The monoisotopic (exact) mass is 449 g/mol. The maximum Gasteiger partial charge on any atom is 0.336 e. The first-order chi connectivity index (χ1) is 15.4. The van der Waals surface area contributed by atoms with Crippen molar-refractivity contribution in [3.63, 3.8) is 0 Å². The van der Waals surface area contributed by atoms with Gasteiger partial charge in [-0.2, -0.15) is 0 Å². The van der Waals surface area contributed by atoms with Crippen LogP contribution < -0.4 is 16.3 Å². The molecule has 3 atom stereocenters. The van der Waals surface area contributed by atoms with Crippen molar-refractivity contribution in [2.45, 2.75) is 24.4 Å². The van der Waals surface area contributed by atoms with Crippen LogP contribution in [0, 0.1) is 0 Å². The number of anilines is 1. The summed E-state index contributed by atoms with van der Waals surface area (Å²) < 4.78 is 5.09. The molecule has 32 heavy (non-hydrogen) atoms. The molecule has 2 aromatic carbocycles. The molecule has 5 rings (SSSR count). The fourth-order valence-electron chi connectivity index (χ4n) is 4.02. The van der Waals surface area contributed by atoms with Gasteiger partial charge < -0.3 is 20.0 Å². The van der Waals surface area contributed by atoms with Crippen molar-refractivity contribution in [1.82, 2.24) is 10.2 Å². The molecule has 0 bridgehead atoms. The lowest BCUT2D eigenvalue weighted by Gasteiger charge is -2.24. The first-order valence-electron chi connectivity index (χ1n) is 10.1. The van der Waals surface area contributed by atoms with Crippen molar-refractivity contribution in [3.05, 3.63) is 76.1 Å². The minimum Gasteiger partial charge on any atom is -0.423 e. The zero-order valence-electron chi connectivity index (χ0n) is 17.0. The number of hydrogen-bond donors (Lipinski definition) is 2. The molecule has 0 spiro atoms. The van der Waals surface area contributed by atoms with Crippen molar-refractivity contribution in [2.75, 3.05) is 11.1 Å². The number of carbonyl (C=O) groups excluding carboxylic acids is 3. The minimum absolute atomic E-state index is 0.157. The van der Waals surface area contributed by atoms with Gasteiger partial charge in [-0.25, -0.2) is 4.79 Å². The number of hydrogen-bond acceptors (Lipinski definition) is 6. The van der Waals surface area contributed by atoms with Crippen LogP contribution in [0.1, 0.15) is 28.2 Å². The highest BCUT2D eigenvalue weighted by atomic mass is 32.2. The molecule has 3 amide bonds. The summed E-state index contributed by atoms with van der Waals surface area (Å²) in [6.45, 7) is 1.59. The van der Waals surface area contributed by atoms with E-state index in [9.17, 15) is 19.2 Å². The SMILES string of the molecule is CC(NC(=O)C1CSC2c3ccccc3C(=O)N12)C(=O)Nc1ccc2oc(=O)ccc2c1. The van der Waals surface area contributed by atoms with Crippen molar-refractivity contribution in [2.24, 2.45) is 0 Å². The Morgan fingerprint density at radius 1 is 1.12 bits per heavy atom. The summed E-state index contributed by atoms with van der Waals surface area (Å²) in [4.78, 5) is 51.3. The molecule has 1 fully saturated rings. The number of amides is 3. The van der Waals surface area contributed by atoms with E-state index in [1.165, 1.54) is 6.07 Å². The molecule has 2 aliphatic rings. The Morgan fingerprint density at radius 3 is 2.78 bits per heavy atom. The summed E-state index contributed by atoms with van der Waals surface area (Å²) in [5, 5.41) is 5.98. The van der Waals surface area contributed by atoms with Crippen LogP contribution in [-0.2, 0) is 9.59 Å². The van der Waals surface area contributed by atoms with Gasteiger partial charge in [0.2, 0.25) is 11.8 Å². The summed E-state index contributed by atoms with van der Waals surface area (Å²) >= 11 is 1.55. The quantitative estimate of drug-likeness (QED) is 0.593. The second kappa shape index (κ2) is 7.83. The standard InChI is InChI=1S/C23H19N3O5S/c1-12(20(28)25-14-7-8-18-13(10-14)6-9-19(27)31-18)24-21(29)17-11-32-23-16-5-3-2-4-15(16)22(30)26(17)23/h2-10,12,17,23H,11H2,1H3,(H,24,29)(H,25,28). The number of nitrogens with zero attached hydrogens (tertiary/aromatic N) is 1. The van der Waals surface area contributed by atoms with E-state index in [0.29, 0.717) is 28.0 Å². The number of rotatable bonds is 4. The van der Waals surface area contributed by atoms with E-state index < -0.39 is 23.6 Å². The predicted molar refractivity (Wildman–Crippen MR) is 120 cm³/mol. The molecule has 0 saturated carbocycles. The molecular formula is C23H19N3O5S. The third-order valence-electron chi connectivity index (χ3n) is 5.63. The molecule has 0 radical (unpaired) electrons. The molecule has 0 aliphatic carbocycles. The van der Waals surface area contributed by atoms with E-state index in [4.69, 9.17) is 4.42 Å². The van der Waals surface area contributed by atoms with Crippen LogP contribution in [0.4, 0.5) is 5.69 Å². The number of fused-ring (bicyclic) bond motifs is 4. The first kappa shape index (κ1) is 20.3. The fraction of sp³-hybridized carbons (Fsp3) is 0.217. The third kappa shape index (κ3) is 3.44. The molecule has 3 heterocycles. The van der Waals surface area contributed by atoms with Gasteiger partial charge in [0.1, 0.15) is 23.0 Å². The highest BCUT2D eigenvalue weighted by molar-refractivity contribution is 7.99. The second-order valence-corrected chi connectivity index (χ2v) is 8.84. The number of carbonyl (C=O) groups is 3. The normalized spacial score (nSPS) is 20.0. The van der Waals surface area contributed by atoms with Crippen LogP contribution >= 0.6 is 11.8 Å². The lowest BCUT2D eigenvalue weighted by Crippen LogP contribution is -2.51. The molecule has 162 valence electrons. The highest BCUT2D eigenvalue weighted by Gasteiger charge is 2.48. The summed E-state index contributed by atoms with van der Waals surface area (Å²) in [6, 6.07) is 13.8. The van der Waals surface area contributed by atoms with Crippen molar-refractivity contribution < 1.29 is 18.8 Å². The Hall–Kier alpha value is -3.59. The van der Waals surface area contributed by atoms with Crippen LogP contribution in [-0.4, -0.2) is 40.5 Å². The van der Waals surface area contributed by atoms with Crippen molar-refractivity contribution in [1.29, 1.82) is 0 Å². The lowest BCUT2D eigenvalue weighted by molar-refractivity contribution is -0.128. The Bertz CT molecular complexity index is 1320. The van der Waals surface area contributed by atoms with E-state index in [1.54, 1.807) is 53.9 Å². The summed E-state index contributed by atoms with van der Waals surface area (Å²) in [6.07, 6.45) is 0. The van der Waals surface area contributed by atoms with E-state index in [0.717, 1.165) is 5.56 Å². The Morgan fingerprint density at radius 2 is 1.94 bits per heavy atom. The molecule has 2 N–H and O–H groups in total. The van der Waals surface area contributed by atoms with Gasteiger partial charge in [-0.15, -0.1) is 11.8 Å². The Labute approximate surface area is 187 Å². The van der Waals surface area contributed by atoms with E-state index in [-0.39, 0.29) is 17.2 Å². The number of thioether (sulfide) groups is 1. The van der Waals surface area contributed by atoms with Gasteiger partial charge in [-0.1, -0.05) is 18.2 Å². The van der Waals surface area contributed by atoms with E-state index in [1.807, 2.05) is 18.2 Å². The van der Waals surface area contributed by atoms with E-state index >= 15 is 0 Å². The predicted octanol–water partition coefficient (Wildman–Crippen LogP) is 2.51. The van der Waals surface area contributed by atoms with Crippen LogP contribution in [0.2, 0.25) is 0 Å². The van der Waals surface area contributed by atoms with Gasteiger partial charge in [0.05, 0.1) is 0 Å². The maximum absolute atomic E-state index is 12.9. The van der Waals surface area contributed by atoms with E-state index in [2.05, 4.69) is 10.6 Å². The van der Waals surface area contributed by atoms with Crippen molar-refractivity contribution >= 4 is 46.1 Å². The van der Waals surface area contributed by atoms with Gasteiger partial charge in [0, 0.05) is 28.5 Å². The number of nitrogens with one attached hydrogen (secondary N) is 2. The Kier molecular flexibility index (Phi) is 4.97. The zero-order chi connectivity index (χ0) is 22.4. The van der Waals surface area contributed by atoms with Gasteiger partial charge >= 0.3 is 5.63 Å². The molecule has 3 aromatic rings. The molecule has 8 nitrogen and oxygen atoms in total. The first-order valence-corrected chi connectivity index (χ1v) is 11.2. The topological polar surface area (TPSA) is 109 Å². The molecule has 2 aliphatic heterocycles. The van der Waals surface area contributed by atoms with Crippen molar-refractivity contribution in [3.8, 4) is 0 Å². The zero-order valence-corrected chi connectivity index (χ0v) is 17.8. The smallest absolute Gasteiger partial charge is 0.336 e. The van der Waals surface area contributed by atoms with Crippen LogP contribution in [0.25, 0.3) is 11.0 Å². The van der Waals surface area contributed by atoms with Crippen LogP contribution in [0.15, 0.2) is 63.8 Å². The molecule has 9 heteroatoms. The third-order valence-corrected chi connectivity index (χ3v) is 6.94. The largest absolute Gasteiger partial charge is 0.423 e. The van der Waals surface area contributed by atoms with Crippen LogP contribution in [0.3, 0.4) is 0 Å². The minimum atomic E-state index is -0.809. The maximum atomic E-state index is 12.9. The summed E-state index contributed by atoms with van der Waals surface area (Å²) in [5.74, 6) is -0.436. The fourth-order valence-corrected chi connectivity index (χ4v) is 5.48.